The zero-order chi connectivity index (χ0) is 88.5. The van der Waals surface area contributed by atoms with E-state index in [9.17, 15) is 111 Å². The molecule has 0 amide bonds. The van der Waals surface area contributed by atoms with Gasteiger partial charge in [-0.1, -0.05) is 41.5 Å². The Bertz CT molecular complexity index is 2350. The van der Waals surface area contributed by atoms with Gasteiger partial charge in [-0.15, -0.1) is 0 Å². The van der Waals surface area contributed by atoms with Gasteiger partial charge in [0.25, 0.3) is 0 Å². The molecule has 0 aliphatic carbocycles. The molecule has 0 heterocycles. The Morgan fingerprint density at radius 2 is 0.345 bits per heavy atom. The molecule has 48 heteroatoms. The van der Waals surface area contributed by atoms with E-state index in [-0.39, 0.29) is 31.3 Å². The normalized spacial score (nSPS) is 13.7. The van der Waals surface area contributed by atoms with E-state index in [0.29, 0.717) is 258 Å². The number of hydrogen-bond donors (Lipinski definition) is 0. The topological polar surface area (TPSA) is 263 Å². The summed E-state index contributed by atoms with van der Waals surface area (Å²) in [6.45, 7) is 22.7. The monoisotopic (exact) mass is 1760 g/mol. The van der Waals surface area contributed by atoms with Gasteiger partial charge in [-0.3, -0.25) is 14.4 Å². The molecule has 696 valence electrons. The number of carbonyl (C=O) groups excluding carboxylic acids is 3. The lowest BCUT2D eigenvalue weighted by Crippen LogP contribution is -2.70. The van der Waals surface area contributed by atoms with E-state index in [1.807, 2.05) is 13.8 Å². The minimum absolute atomic E-state index is 0.0690. The predicted octanol–water partition coefficient (Wildman–Crippen LogP) is 10.9. The molecular weight excluding hydrogens is 1650 g/mol. The third-order valence-corrected chi connectivity index (χ3v) is 14.6. The Labute approximate surface area is 659 Å². The minimum atomic E-state index is -7.97. The molecule has 0 aromatic heterocycles. The van der Waals surface area contributed by atoms with Crippen molar-refractivity contribution in [1.82, 2.24) is 0 Å². The molecule has 0 saturated carbocycles. The molecule has 0 aromatic carbocycles. The Kier molecular flexibility index (Phi) is 66.8. The lowest BCUT2D eigenvalue weighted by atomic mass is 9.94. The van der Waals surface area contributed by atoms with Gasteiger partial charge < -0.3 is 109 Å². The quantitative estimate of drug-likeness (QED) is 0.0237. The van der Waals surface area contributed by atoms with Crippen LogP contribution in [0.1, 0.15) is 60.8 Å². The maximum Gasteiger partial charge on any atom is 0.460 e. The molecule has 3 atom stereocenters. The van der Waals surface area contributed by atoms with Gasteiger partial charge in [-0.25, -0.2) is 0 Å². The number of alkyl halides is 22. The highest BCUT2D eigenvalue weighted by Gasteiger charge is 2.91. The van der Waals surface area contributed by atoms with Crippen molar-refractivity contribution in [2.45, 2.75) is 121 Å². The van der Waals surface area contributed by atoms with Crippen LogP contribution in [0.25, 0.3) is 0 Å². The number of ether oxygens (including phenoxy) is 23. The smallest absolute Gasteiger partial charge is 0.460 e. The van der Waals surface area contributed by atoms with Crippen LogP contribution in [0.3, 0.4) is 0 Å². The lowest BCUT2D eigenvalue weighted by molar-refractivity contribution is -0.441. The van der Waals surface area contributed by atoms with Crippen LogP contribution >= 0.6 is 0 Å². The van der Waals surface area contributed by atoms with Crippen molar-refractivity contribution in [2.75, 3.05) is 285 Å². The molecule has 0 aromatic rings. The van der Waals surface area contributed by atoms with Crippen molar-refractivity contribution in [3.63, 3.8) is 0 Å². The average Bonchev–Trinajstić information content (AvgIpc) is 0.710. The first-order valence-corrected chi connectivity index (χ1v) is 36.6. The van der Waals surface area contributed by atoms with Crippen molar-refractivity contribution in [3.8, 4) is 0 Å². The van der Waals surface area contributed by atoms with Gasteiger partial charge in [0.05, 0.1) is 275 Å². The van der Waals surface area contributed by atoms with Crippen molar-refractivity contribution in [2.24, 2.45) is 17.8 Å². The molecule has 0 bridgehead atoms. The minimum Gasteiger partial charge on any atom is -0.463 e. The average molecular weight is 1770 g/mol. The third kappa shape index (κ3) is 51.1. The molecule has 0 saturated heterocycles. The Balaban J connectivity index is -0.00000215. The molecule has 0 aliphatic rings. The molecule has 0 N–H and O–H groups in total. The maximum absolute atomic E-state index is 13.3. The highest BCUT2D eigenvalue weighted by Crippen LogP contribution is 2.60. The van der Waals surface area contributed by atoms with E-state index in [4.69, 9.17) is 99.5 Å². The Morgan fingerprint density at radius 3 is 0.509 bits per heavy atom. The molecule has 3 unspecified atom stereocenters. The Morgan fingerprint density at radius 1 is 0.207 bits per heavy atom. The van der Waals surface area contributed by atoms with E-state index >= 15 is 0 Å². The van der Waals surface area contributed by atoms with E-state index in [1.165, 1.54) is 20.8 Å². The SMILES string of the molecule is CCC(C)C(=O)OCC(F)(F)C(F)(F)C(F)(F)C(F)(F)C(F)(F)C(F)(F)F.CCC(C)C(=O)OCC(F)(F)C(F)(F)C(F)(F)C(F)(F)F.CCC(C)C(=O)OCCOCCOCCOCCOCCOCCOCCOCCOCCOCCOCCOCCOCCOCCOCCOCCOCCOCCOCCOCCOC. The standard InChI is InChI=1S/C46H92O22.C12H11F13O2.C10H11F9O2/c1-4-45(2)46(47)68-44-43-67-42-41-66-40-39-65-38-37-64-36-35-63-34-33-62-32-31-61-30-29-60-28-27-59-26-25-58-24-23-57-22-21-56-20-19-55-18-17-54-16-15-53-14-13-52-12-11-51-10-9-50-8-7-49-6-5-48-3;1-3-5(2)6(26)27-4-7(13,14)8(15,16)9(17,18)10(19,20)11(21,22)12(23,24)25;1-3-5(2)6(20)21-4-7(11,12)8(13,14)9(15,16)10(17,18)19/h45H,4-44H2,1-3H3;5H,3-4H2,1-2H3;5H,3-4H2,1-2H3. The fourth-order valence-electron chi connectivity index (χ4n) is 7.05. The highest BCUT2D eigenvalue weighted by atomic mass is 19.4. The summed E-state index contributed by atoms with van der Waals surface area (Å²) in [7, 11) is 1.64. The van der Waals surface area contributed by atoms with Crippen LogP contribution in [0, 0.1) is 17.8 Å². The Hall–Kier alpha value is -3.93. The molecule has 0 radical (unpaired) electrons. The van der Waals surface area contributed by atoms with Gasteiger partial charge in [0.15, 0.2) is 13.2 Å². The fourth-order valence-corrected chi connectivity index (χ4v) is 7.05. The molecule has 26 nitrogen and oxygen atoms in total. The van der Waals surface area contributed by atoms with Crippen molar-refractivity contribution >= 4 is 17.9 Å². The van der Waals surface area contributed by atoms with Crippen LogP contribution < -0.4 is 0 Å². The second kappa shape index (κ2) is 66.7. The van der Waals surface area contributed by atoms with E-state index < -0.39 is 96.7 Å². The van der Waals surface area contributed by atoms with Gasteiger partial charge in [0.2, 0.25) is 0 Å². The summed E-state index contributed by atoms with van der Waals surface area (Å²) in [5, 5.41) is 0. The predicted molar refractivity (Wildman–Crippen MR) is 360 cm³/mol. The molecule has 0 aliphatic heterocycles. The van der Waals surface area contributed by atoms with Crippen molar-refractivity contribution < 1.29 is 220 Å². The van der Waals surface area contributed by atoms with E-state index in [1.54, 1.807) is 7.11 Å². The van der Waals surface area contributed by atoms with Gasteiger partial charge in [0.1, 0.15) is 6.61 Å². The largest absolute Gasteiger partial charge is 0.463 e. The van der Waals surface area contributed by atoms with Gasteiger partial charge in [-0.05, 0) is 19.3 Å². The molecular formula is C68H114F22O26. The zero-order valence-electron chi connectivity index (χ0n) is 66.0. The number of carbonyl (C=O) groups is 3. The summed E-state index contributed by atoms with van der Waals surface area (Å²) in [5.74, 6) is -62.7. The summed E-state index contributed by atoms with van der Waals surface area (Å²) in [6.07, 6.45) is -13.6. The number of esters is 3. The van der Waals surface area contributed by atoms with Crippen LogP contribution in [0.4, 0.5) is 96.6 Å². The summed E-state index contributed by atoms with van der Waals surface area (Å²) in [5.41, 5.74) is 0. The lowest BCUT2D eigenvalue weighted by Gasteiger charge is -2.39. The summed E-state index contributed by atoms with van der Waals surface area (Å²) in [6, 6.07) is 0. The number of rotatable bonds is 76. The summed E-state index contributed by atoms with van der Waals surface area (Å²) >= 11 is 0. The first-order valence-electron chi connectivity index (χ1n) is 36.6. The van der Waals surface area contributed by atoms with Gasteiger partial charge >= 0.3 is 77.6 Å². The molecule has 0 spiro atoms. The first kappa shape index (κ1) is 116. The molecule has 0 fully saturated rings. The highest BCUT2D eigenvalue weighted by molar-refractivity contribution is 5.72. The van der Waals surface area contributed by atoms with Crippen molar-refractivity contribution in [1.29, 1.82) is 0 Å². The third-order valence-electron chi connectivity index (χ3n) is 14.6. The van der Waals surface area contributed by atoms with Crippen molar-refractivity contribution in [3.05, 3.63) is 0 Å². The van der Waals surface area contributed by atoms with Crippen LogP contribution in [-0.2, 0) is 123 Å². The second-order valence-electron chi connectivity index (χ2n) is 23.8. The van der Waals surface area contributed by atoms with Gasteiger partial charge in [-0.2, -0.15) is 96.6 Å². The van der Waals surface area contributed by atoms with Crippen LogP contribution in [0.15, 0.2) is 0 Å². The van der Waals surface area contributed by atoms with Crippen LogP contribution in [-0.4, -0.2) is 362 Å². The van der Waals surface area contributed by atoms with Crippen LogP contribution in [0.5, 0.6) is 0 Å². The molecule has 0 rings (SSSR count). The number of halogens is 22. The van der Waals surface area contributed by atoms with Crippen LogP contribution in [0.2, 0.25) is 0 Å². The molecule has 116 heavy (non-hydrogen) atoms. The zero-order valence-corrected chi connectivity index (χ0v) is 66.0. The summed E-state index contributed by atoms with van der Waals surface area (Å²) < 4.78 is 399. The number of hydrogen-bond acceptors (Lipinski definition) is 26. The van der Waals surface area contributed by atoms with E-state index in [0.717, 1.165) is 13.3 Å². The second-order valence-corrected chi connectivity index (χ2v) is 23.8. The summed E-state index contributed by atoms with van der Waals surface area (Å²) in [4.78, 5) is 33.6. The fraction of sp³-hybridized carbons (Fsp3) is 0.956. The first-order chi connectivity index (χ1) is 54.4. The number of methoxy groups -OCH3 is 1. The van der Waals surface area contributed by atoms with Gasteiger partial charge in [0, 0.05) is 7.11 Å². The maximum atomic E-state index is 13.3. The van der Waals surface area contributed by atoms with E-state index in [2.05, 4.69) is 9.47 Å².